The predicted octanol–water partition coefficient (Wildman–Crippen LogP) is 0.392. The minimum atomic E-state index is -5.84. The molecule has 8 heteroatoms. The molecular formula is CHAgF3O3S+. The third-order valence-electron chi connectivity index (χ3n) is 0.292. The molecule has 0 aromatic heterocycles. The van der Waals surface area contributed by atoms with Gasteiger partial charge in [0.1, 0.15) is 0 Å². The zero-order valence-electron chi connectivity index (χ0n) is 3.61. The van der Waals surface area contributed by atoms with Crippen molar-refractivity contribution in [2.24, 2.45) is 0 Å². The van der Waals surface area contributed by atoms with Crippen LogP contribution in [-0.2, 0) is 32.5 Å². The predicted molar refractivity (Wildman–Crippen MR) is 17.6 cm³/mol. The average molecular weight is 258 g/mol. The summed E-state index contributed by atoms with van der Waals surface area (Å²) in [6.07, 6.45) is 0. The van der Waals surface area contributed by atoms with E-state index in [1.807, 2.05) is 0 Å². The van der Waals surface area contributed by atoms with Crippen LogP contribution in [0.15, 0.2) is 0 Å². The topological polar surface area (TPSA) is 54.4 Å². The second kappa shape index (κ2) is 3.02. The molecule has 0 aliphatic heterocycles. The van der Waals surface area contributed by atoms with E-state index in [0.29, 0.717) is 0 Å². The Balaban J connectivity index is 0. The minimum absolute atomic E-state index is 0. The monoisotopic (exact) mass is 257 g/mol. The average Bonchev–Trinajstić information content (AvgIpc) is 1.25. The second-order valence-corrected chi connectivity index (χ2v) is 2.33. The van der Waals surface area contributed by atoms with E-state index in [-0.39, 0.29) is 22.4 Å². The fourth-order valence-corrected chi connectivity index (χ4v) is 0. The third kappa shape index (κ3) is 3.93. The SMILES string of the molecule is O=S(=O)(O)C(F)(F)F.[Ag+]. The largest absolute Gasteiger partial charge is 1.00 e. The van der Waals surface area contributed by atoms with E-state index in [2.05, 4.69) is 0 Å². The van der Waals surface area contributed by atoms with Crippen molar-refractivity contribution in [3.05, 3.63) is 0 Å². The first-order valence-corrected chi connectivity index (χ1v) is 2.73. The summed E-state index contributed by atoms with van der Waals surface area (Å²) in [7, 11) is -5.84. The summed E-state index contributed by atoms with van der Waals surface area (Å²) in [6.45, 7) is 0. The van der Waals surface area contributed by atoms with Gasteiger partial charge in [-0.05, 0) is 0 Å². The zero-order chi connectivity index (χ0) is 7.00. The molecule has 0 aliphatic rings. The van der Waals surface area contributed by atoms with Gasteiger partial charge in [-0.2, -0.15) is 21.6 Å². The zero-order valence-corrected chi connectivity index (χ0v) is 5.91. The molecule has 0 unspecified atom stereocenters. The van der Waals surface area contributed by atoms with E-state index in [0.717, 1.165) is 0 Å². The third-order valence-corrected chi connectivity index (χ3v) is 0.877. The molecule has 0 rings (SSSR count). The number of rotatable bonds is 0. The van der Waals surface area contributed by atoms with E-state index < -0.39 is 15.6 Å². The van der Waals surface area contributed by atoms with Gasteiger partial charge in [0.25, 0.3) is 0 Å². The van der Waals surface area contributed by atoms with Crippen molar-refractivity contribution in [2.75, 3.05) is 0 Å². The molecule has 0 saturated heterocycles. The molecule has 0 aromatic carbocycles. The Morgan fingerprint density at radius 3 is 1.33 bits per heavy atom. The molecule has 3 nitrogen and oxygen atoms in total. The van der Waals surface area contributed by atoms with Crippen LogP contribution in [-0.4, -0.2) is 18.5 Å². The van der Waals surface area contributed by atoms with Crippen molar-refractivity contribution in [3.8, 4) is 0 Å². The van der Waals surface area contributed by atoms with Crippen LogP contribution in [0.1, 0.15) is 0 Å². The molecule has 60 valence electrons. The van der Waals surface area contributed by atoms with Crippen LogP contribution >= 0.6 is 0 Å². The summed E-state index contributed by atoms with van der Waals surface area (Å²) in [5.41, 5.74) is -5.53. The quantitative estimate of drug-likeness (QED) is 0.388. The van der Waals surface area contributed by atoms with Gasteiger partial charge < -0.3 is 0 Å². The summed E-state index contributed by atoms with van der Waals surface area (Å²) in [4.78, 5) is 0. The Morgan fingerprint density at radius 1 is 1.22 bits per heavy atom. The van der Waals surface area contributed by atoms with Crippen LogP contribution in [0.5, 0.6) is 0 Å². The molecular weight excluding hydrogens is 257 g/mol. The van der Waals surface area contributed by atoms with Crippen LogP contribution in [0.4, 0.5) is 13.2 Å². The van der Waals surface area contributed by atoms with Crippen LogP contribution in [0.3, 0.4) is 0 Å². The molecule has 0 bridgehead atoms. The van der Waals surface area contributed by atoms with Gasteiger partial charge in [0.2, 0.25) is 0 Å². The first kappa shape index (κ1) is 12.1. The van der Waals surface area contributed by atoms with Crippen molar-refractivity contribution < 1.29 is 48.5 Å². The molecule has 0 saturated carbocycles. The molecule has 1 N–H and O–H groups in total. The van der Waals surface area contributed by atoms with Gasteiger partial charge in [0.15, 0.2) is 0 Å². The first-order valence-electron chi connectivity index (χ1n) is 1.29. The molecule has 0 atom stereocenters. The fourth-order valence-electron chi connectivity index (χ4n) is 0. The van der Waals surface area contributed by atoms with Gasteiger partial charge in [-0.25, -0.2) is 0 Å². The number of alkyl halides is 3. The molecule has 0 fully saturated rings. The van der Waals surface area contributed by atoms with Crippen LogP contribution in [0.25, 0.3) is 0 Å². The second-order valence-electron chi connectivity index (χ2n) is 0.921. The Labute approximate surface area is 64.5 Å². The summed E-state index contributed by atoms with van der Waals surface area (Å²) >= 11 is 0. The summed E-state index contributed by atoms with van der Waals surface area (Å²) in [5, 5.41) is 0. The van der Waals surface area contributed by atoms with E-state index >= 15 is 0 Å². The van der Waals surface area contributed by atoms with Crippen molar-refractivity contribution in [1.82, 2.24) is 0 Å². The molecule has 0 heterocycles. The van der Waals surface area contributed by atoms with Gasteiger partial charge in [0.05, 0.1) is 0 Å². The van der Waals surface area contributed by atoms with Gasteiger partial charge in [-0.15, -0.1) is 0 Å². The normalized spacial score (nSPS) is 12.4. The Kier molecular flexibility index (Phi) is 4.08. The van der Waals surface area contributed by atoms with Gasteiger partial charge in [-0.1, -0.05) is 0 Å². The number of hydrogen-bond donors (Lipinski definition) is 1. The van der Waals surface area contributed by atoms with Crippen LogP contribution in [0, 0.1) is 0 Å². The fraction of sp³-hybridized carbons (Fsp3) is 1.00. The van der Waals surface area contributed by atoms with E-state index in [9.17, 15) is 13.2 Å². The van der Waals surface area contributed by atoms with Gasteiger partial charge in [-0.3, -0.25) is 4.55 Å². The van der Waals surface area contributed by atoms with E-state index in [1.54, 1.807) is 0 Å². The molecule has 9 heavy (non-hydrogen) atoms. The molecule has 0 radical (unpaired) electrons. The maximum atomic E-state index is 10.7. The minimum Gasteiger partial charge on any atom is -0.279 e. The van der Waals surface area contributed by atoms with Gasteiger partial charge in [0, 0.05) is 0 Å². The maximum Gasteiger partial charge on any atom is 1.00 e. The standard InChI is InChI=1S/CHF3O3S.Ag/c2-1(3,4)8(5,6)7;/h(H,5,6,7);/q;+1. The van der Waals surface area contributed by atoms with Crippen LogP contribution in [0.2, 0.25) is 0 Å². The Morgan fingerprint density at radius 2 is 1.33 bits per heavy atom. The summed E-state index contributed by atoms with van der Waals surface area (Å²) in [5.74, 6) is 0. The Hall–Kier alpha value is 0.440. The smallest absolute Gasteiger partial charge is 0.279 e. The number of hydrogen-bond acceptors (Lipinski definition) is 2. The Bertz CT molecular complexity index is 168. The molecule has 0 amide bonds. The molecule has 0 aliphatic carbocycles. The van der Waals surface area contributed by atoms with Crippen molar-refractivity contribution >= 4 is 10.1 Å². The van der Waals surface area contributed by atoms with Crippen molar-refractivity contribution in [1.29, 1.82) is 0 Å². The first-order chi connectivity index (χ1) is 3.25. The van der Waals surface area contributed by atoms with Crippen molar-refractivity contribution in [2.45, 2.75) is 5.51 Å². The maximum absolute atomic E-state index is 10.7. The summed E-state index contributed by atoms with van der Waals surface area (Å²) in [6, 6.07) is 0. The number of halogens is 3. The van der Waals surface area contributed by atoms with Crippen LogP contribution < -0.4 is 0 Å². The summed E-state index contributed by atoms with van der Waals surface area (Å²) < 4.78 is 57.5. The van der Waals surface area contributed by atoms with E-state index in [1.165, 1.54) is 0 Å². The van der Waals surface area contributed by atoms with Crippen molar-refractivity contribution in [3.63, 3.8) is 0 Å². The molecule has 0 spiro atoms. The molecule has 0 aromatic rings. The van der Waals surface area contributed by atoms with Gasteiger partial charge >= 0.3 is 38.0 Å². The van der Waals surface area contributed by atoms with E-state index in [4.69, 9.17) is 13.0 Å².